The van der Waals surface area contributed by atoms with Crippen LogP contribution in [-0.2, 0) is 11.2 Å². The van der Waals surface area contributed by atoms with E-state index in [-0.39, 0.29) is 17.7 Å². The molecule has 140 valence electrons. The van der Waals surface area contributed by atoms with Crippen molar-refractivity contribution in [3.63, 3.8) is 0 Å². The molecule has 6 nitrogen and oxygen atoms in total. The lowest BCUT2D eigenvalue weighted by Crippen LogP contribution is -2.47. The summed E-state index contributed by atoms with van der Waals surface area (Å²) in [4.78, 5) is 25.1. The van der Waals surface area contributed by atoms with Crippen molar-refractivity contribution < 1.29 is 9.59 Å². The number of benzene rings is 1. The summed E-state index contributed by atoms with van der Waals surface area (Å²) in [5.41, 5.74) is 0.336. The summed E-state index contributed by atoms with van der Waals surface area (Å²) in [6, 6.07) is 6.02. The van der Waals surface area contributed by atoms with Crippen LogP contribution in [0.1, 0.15) is 43.1 Å². The molecule has 0 saturated heterocycles. The van der Waals surface area contributed by atoms with Gasteiger partial charge in [-0.05, 0) is 24.0 Å². The molecule has 2 aromatic rings. The van der Waals surface area contributed by atoms with E-state index in [0.717, 1.165) is 11.4 Å². The van der Waals surface area contributed by atoms with E-state index in [4.69, 9.17) is 11.6 Å². The number of aromatic nitrogens is 2. The van der Waals surface area contributed by atoms with Gasteiger partial charge in [-0.15, -0.1) is 10.2 Å². The van der Waals surface area contributed by atoms with Crippen LogP contribution in [0.4, 0.5) is 5.13 Å². The Morgan fingerprint density at radius 3 is 2.46 bits per heavy atom. The van der Waals surface area contributed by atoms with Crippen LogP contribution in [0.2, 0.25) is 5.02 Å². The molecule has 8 heteroatoms. The van der Waals surface area contributed by atoms with Gasteiger partial charge in [0, 0.05) is 6.42 Å². The SMILES string of the molecule is CC(C)Cc1nnc(NC(=O)C(NC(=O)c2ccccc2Cl)C(C)C)s1. The highest BCUT2D eigenvalue weighted by molar-refractivity contribution is 7.15. The molecule has 1 aromatic heterocycles. The number of nitrogens with zero attached hydrogens (tertiary/aromatic N) is 2. The average molecular weight is 395 g/mol. The molecular weight excluding hydrogens is 372 g/mol. The van der Waals surface area contributed by atoms with E-state index in [0.29, 0.717) is 21.6 Å². The van der Waals surface area contributed by atoms with E-state index < -0.39 is 6.04 Å². The maximum atomic E-state index is 12.6. The number of carbonyl (C=O) groups excluding carboxylic acids is 2. The molecule has 2 N–H and O–H groups in total. The van der Waals surface area contributed by atoms with Crippen molar-refractivity contribution in [3.8, 4) is 0 Å². The van der Waals surface area contributed by atoms with Gasteiger partial charge in [0.15, 0.2) is 0 Å². The molecule has 0 fully saturated rings. The molecule has 0 aliphatic carbocycles. The maximum absolute atomic E-state index is 12.6. The van der Waals surface area contributed by atoms with Gasteiger partial charge in [-0.3, -0.25) is 14.9 Å². The second-order valence-corrected chi connectivity index (χ2v) is 8.23. The van der Waals surface area contributed by atoms with E-state index in [9.17, 15) is 9.59 Å². The number of carbonyl (C=O) groups is 2. The largest absolute Gasteiger partial charge is 0.340 e. The molecule has 0 aliphatic rings. The van der Waals surface area contributed by atoms with Gasteiger partial charge in [-0.2, -0.15) is 0 Å². The fourth-order valence-corrected chi connectivity index (χ4v) is 3.49. The Labute approximate surface area is 162 Å². The molecule has 2 amide bonds. The minimum absolute atomic E-state index is 0.107. The molecule has 1 heterocycles. The number of halogens is 1. The Bertz CT molecular complexity index is 776. The summed E-state index contributed by atoms with van der Waals surface area (Å²) in [7, 11) is 0. The van der Waals surface area contributed by atoms with Gasteiger partial charge in [-0.1, -0.05) is 62.8 Å². The molecule has 1 unspecified atom stereocenters. The molecule has 0 spiro atoms. The van der Waals surface area contributed by atoms with Crippen molar-refractivity contribution in [2.24, 2.45) is 11.8 Å². The van der Waals surface area contributed by atoms with Gasteiger partial charge in [0.05, 0.1) is 10.6 Å². The molecule has 26 heavy (non-hydrogen) atoms. The number of amides is 2. The third kappa shape index (κ3) is 5.51. The molecule has 0 aliphatic heterocycles. The van der Waals surface area contributed by atoms with Crippen LogP contribution in [0.3, 0.4) is 0 Å². The maximum Gasteiger partial charge on any atom is 0.253 e. The van der Waals surface area contributed by atoms with Crippen molar-refractivity contribution >= 4 is 39.9 Å². The number of rotatable bonds is 7. The third-order valence-corrected chi connectivity index (χ3v) is 4.82. The zero-order valence-electron chi connectivity index (χ0n) is 15.2. The molecule has 0 bridgehead atoms. The van der Waals surface area contributed by atoms with Crippen molar-refractivity contribution in [1.82, 2.24) is 15.5 Å². The summed E-state index contributed by atoms with van der Waals surface area (Å²) in [6.45, 7) is 7.92. The summed E-state index contributed by atoms with van der Waals surface area (Å²) in [5, 5.41) is 15.2. The molecule has 2 rings (SSSR count). The lowest BCUT2D eigenvalue weighted by Gasteiger charge is -2.21. The average Bonchev–Trinajstić information content (AvgIpc) is 2.98. The van der Waals surface area contributed by atoms with Crippen LogP contribution < -0.4 is 10.6 Å². The monoisotopic (exact) mass is 394 g/mol. The van der Waals surface area contributed by atoms with Crippen molar-refractivity contribution in [2.75, 3.05) is 5.32 Å². The fourth-order valence-electron chi connectivity index (χ4n) is 2.32. The van der Waals surface area contributed by atoms with E-state index in [1.807, 2.05) is 13.8 Å². The Hall–Kier alpha value is -1.99. The Morgan fingerprint density at radius 1 is 1.15 bits per heavy atom. The number of hydrogen-bond acceptors (Lipinski definition) is 5. The van der Waals surface area contributed by atoms with E-state index in [1.165, 1.54) is 11.3 Å². The van der Waals surface area contributed by atoms with Crippen LogP contribution in [0.5, 0.6) is 0 Å². The van der Waals surface area contributed by atoms with Crippen LogP contribution in [0.25, 0.3) is 0 Å². The van der Waals surface area contributed by atoms with E-state index in [1.54, 1.807) is 24.3 Å². The molecule has 0 saturated carbocycles. The van der Waals surface area contributed by atoms with E-state index >= 15 is 0 Å². The molecular formula is C18H23ClN4O2S. The first kappa shape index (κ1) is 20.3. The van der Waals surface area contributed by atoms with Crippen molar-refractivity contribution in [1.29, 1.82) is 0 Å². The third-order valence-electron chi connectivity index (χ3n) is 3.63. The summed E-state index contributed by atoms with van der Waals surface area (Å²) < 4.78 is 0. The lowest BCUT2D eigenvalue weighted by atomic mass is 10.0. The topological polar surface area (TPSA) is 84.0 Å². The molecule has 0 radical (unpaired) electrons. The first-order valence-corrected chi connectivity index (χ1v) is 9.66. The van der Waals surface area contributed by atoms with Crippen molar-refractivity contribution in [3.05, 3.63) is 39.9 Å². The quantitative estimate of drug-likeness (QED) is 0.748. The first-order valence-electron chi connectivity index (χ1n) is 8.46. The highest BCUT2D eigenvalue weighted by Crippen LogP contribution is 2.20. The van der Waals surface area contributed by atoms with Crippen LogP contribution in [0, 0.1) is 11.8 Å². The van der Waals surface area contributed by atoms with Gasteiger partial charge in [0.25, 0.3) is 5.91 Å². The predicted molar refractivity (Wildman–Crippen MR) is 105 cm³/mol. The summed E-state index contributed by atoms with van der Waals surface area (Å²) in [5.74, 6) is -0.357. The molecule has 1 aromatic carbocycles. The highest BCUT2D eigenvalue weighted by atomic mass is 35.5. The summed E-state index contributed by atoms with van der Waals surface area (Å²) in [6.07, 6.45) is 0.810. The normalized spacial score (nSPS) is 12.3. The molecule has 1 atom stereocenters. The van der Waals surface area contributed by atoms with Gasteiger partial charge in [0.1, 0.15) is 11.0 Å². The van der Waals surface area contributed by atoms with Crippen molar-refractivity contribution in [2.45, 2.75) is 40.2 Å². The smallest absolute Gasteiger partial charge is 0.253 e. The zero-order valence-corrected chi connectivity index (χ0v) is 16.8. The minimum Gasteiger partial charge on any atom is -0.340 e. The van der Waals surface area contributed by atoms with Gasteiger partial charge in [0.2, 0.25) is 11.0 Å². The Morgan fingerprint density at radius 2 is 1.85 bits per heavy atom. The Kier molecular flexibility index (Phi) is 7.11. The minimum atomic E-state index is -0.712. The predicted octanol–water partition coefficient (Wildman–Crippen LogP) is 3.78. The van der Waals surface area contributed by atoms with E-state index in [2.05, 4.69) is 34.7 Å². The van der Waals surface area contributed by atoms with Crippen LogP contribution >= 0.6 is 22.9 Å². The fraction of sp³-hybridized carbons (Fsp3) is 0.444. The van der Waals surface area contributed by atoms with Crippen LogP contribution in [-0.4, -0.2) is 28.1 Å². The zero-order chi connectivity index (χ0) is 19.3. The Balaban J connectivity index is 2.06. The van der Waals surface area contributed by atoms with Gasteiger partial charge in [-0.25, -0.2) is 0 Å². The van der Waals surface area contributed by atoms with Crippen LogP contribution in [0.15, 0.2) is 24.3 Å². The second-order valence-electron chi connectivity index (χ2n) is 6.76. The number of anilines is 1. The highest BCUT2D eigenvalue weighted by Gasteiger charge is 2.26. The first-order chi connectivity index (χ1) is 12.3. The number of nitrogens with one attached hydrogen (secondary N) is 2. The second kappa shape index (κ2) is 9.09. The lowest BCUT2D eigenvalue weighted by molar-refractivity contribution is -0.118. The summed E-state index contributed by atoms with van der Waals surface area (Å²) >= 11 is 7.41. The van der Waals surface area contributed by atoms with Gasteiger partial charge < -0.3 is 5.32 Å². The number of hydrogen-bond donors (Lipinski definition) is 2. The van der Waals surface area contributed by atoms with Gasteiger partial charge >= 0.3 is 0 Å². The standard InChI is InChI=1S/C18H23ClN4O2S/c1-10(2)9-14-22-23-18(26-14)21-17(25)15(11(3)4)20-16(24)12-7-5-6-8-13(12)19/h5-8,10-11,15H,9H2,1-4H3,(H,20,24)(H,21,23,25).